The molecule has 0 bridgehead atoms. The van der Waals surface area contributed by atoms with Crippen LogP contribution in [-0.4, -0.2) is 37.3 Å². The highest BCUT2D eigenvalue weighted by Crippen LogP contribution is 2.16. The van der Waals surface area contributed by atoms with Gasteiger partial charge in [-0.3, -0.25) is 0 Å². The van der Waals surface area contributed by atoms with Crippen LogP contribution in [0.1, 0.15) is 44.9 Å². The van der Waals surface area contributed by atoms with Crippen molar-refractivity contribution in [3.05, 3.63) is 11.9 Å². The summed E-state index contributed by atoms with van der Waals surface area (Å²) in [6.07, 6.45) is 3.40. The SMILES string of the molecule is CNc1cc(NCCCCCOC)nc(C(C)C)n1. The maximum Gasteiger partial charge on any atom is 0.135 e. The third-order valence-corrected chi connectivity index (χ3v) is 2.85. The molecule has 0 saturated carbocycles. The zero-order valence-corrected chi connectivity index (χ0v) is 12.5. The Morgan fingerprint density at radius 1 is 1.16 bits per heavy atom. The molecule has 1 heterocycles. The van der Waals surface area contributed by atoms with Crippen molar-refractivity contribution in [1.82, 2.24) is 9.97 Å². The van der Waals surface area contributed by atoms with Gasteiger partial charge < -0.3 is 15.4 Å². The first kappa shape index (κ1) is 15.7. The third-order valence-electron chi connectivity index (χ3n) is 2.85. The first-order chi connectivity index (χ1) is 9.17. The monoisotopic (exact) mass is 266 g/mol. The van der Waals surface area contributed by atoms with E-state index < -0.39 is 0 Å². The molecular formula is C14H26N4O. The minimum atomic E-state index is 0.329. The van der Waals surface area contributed by atoms with Gasteiger partial charge in [0.15, 0.2) is 0 Å². The van der Waals surface area contributed by atoms with E-state index in [1.807, 2.05) is 13.1 Å². The van der Waals surface area contributed by atoms with Gasteiger partial charge >= 0.3 is 0 Å². The van der Waals surface area contributed by atoms with E-state index in [9.17, 15) is 0 Å². The Hall–Kier alpha value is -1.36. The second-order valence-electron chi connectivity index (χ2n) is 4.88. The predicted octanol–water partition coefficient (Wildman–Crippen LogP) is 2.87. The molecule has 0 aliphatic heterocycles. The molecule has 0 radical (unpaired) electrons. The lowest BCUT2D eigenvalue weighted by Crippen LogP contribution is -2.08. The fourth-order valence-corrected chi connectivity index (χ4v) is 1.71. The normalized spacial score (nSPS) is 10.8. The summed E-state index contributed by atoms with van der Waals surface area (Å²) in [5, 5.41) is 6.43. The van der Waals surface area contributed by atoms with Crippen molar-refractivity contribution in [3.63, 3.8) is 0 Å². The predicted molar refractivity (Wildman–Crippen MR) is 79.9 cm³/mol. The number of ether oxygens (including phenoxy) is 1. The maximum atomic E-state index is 5.03. The smallest absolute Gasteiger partial charge is 0.135 e. The van der Waals surface area contributed by atoms with E-state index in [0.717, 1.165) is 43.5 Å². The van der Waals surface area contributed by atoms with Gasteiger partial charge in [-0.25, -0.2) is 9.97 Å². The van der Waals surface area contributed by atoms with Gasteiger partial charge in [0.25, 0.3) is 0 Å². The highest BCUT2D eigenvalue weighted by atomic mass is 16.5. The molecule has 108 valence electrons. The molecule has 5 nitrogen and oxygen atoms in total. The van der Waals surface area contributed by atoms with Crippen LogP contribution in [0.15, 0.2) is 6.07 Å². The van der Waals surface area contributed by atoms with Crippen molar-refractivity contribution >= 4 is 11.6 Å². The number of nitrogens with one attached hydrogen (secondary N) is 2. The topological polar surface area (TPSA) is 59.1 Å². The molecule has 0 fully saturated rings. The summed E-state index contributed by atoms with van der Waals surface area (Å²) < 4.78 is 5.03. The van der Waals surface area contributed by atoms with Crippen LogP contribution in [-0.2, 0) is 4.74 Å². The minimum Gasteiger partial charge on any atom is -0.385 e. The van der Waals surface area contributed by atoms with E-state index in [1.165, 1.54) is 6.42 Å². The molecule has 0 aliphatic rings. The number of anilines is 2. The highest BCUT2D eigenvalue weighted by Gasteiger charge is 2.06. The summed E-state index contributed by atoms with van der Waals surface area (Å²) in [4.78, 5) is 8.97. The van der Waals surface area contributed by atoms with Crippen LogP contribution >= 0.6 is 0 Å². The van der Waals surface area contributed by atoms with Crippen LogP contribution in [0.25, 0.3) is 0 Å². The molecule has 0 saturated heterocycles. The van der Waals surface area contributed by atoms with E-state index in [0.29, 0.717) is 5.92 Å². The Labute approximate surface area is 116 Å². The zero-order valence-electron chi connectivity index (χ0n) is 12.5. The summed E-state index contributed by atoms with van der Waals surface area (Å²) >= 11 is 0. The molecular weight excluding hydrogens is 240 g/mol. The van der Waals surface area contributed by atoms with E-state index in [2.05, 4.69) is 34.4 Å². The molecule has 5 heteroatoms. The van der Waals surface area contributed by atoms with Gasteiger partial charge in [-0.05, 0) is 19.3 Å². The number of unbranched alkanes of at least 4 members (excludes halogenated alkanes) is 2. The molecule has 0 aliphatic carbocycles. The Bertz CT molecular complexity index is 368. The van der Waals surface area contributed by atoms with Crippen LogP contribution < -0.4 is 10.6 Å². The van der Waals surface area contributed by atoms with Crippen molar-refractivity contribution in [2.45, 2.75) is 39.0 Å². The number of rotatable bonds is 9. The summed E-state index contributed by atoms with van der Waals surface area (Å²) in [6.45, 7) is 5.98. The second-order valence-corrected chi connectivity index (χ2v) is 4.88. The molecule has 0 amide bonds. The van der Waals surface area contributed by atoms with Crippen molar-refractivity contribution in [1.29, 1.82) is 0 Å². The van der Waals surface area contributed by atoms with Gasteiger partial charge in [-0.2, -0.15) is 0 Å². The van der Waals surface area contributed by atoms with E-state index in [-0.39, 0.29) is 0 Å². The van der Waals surface area contributed by atoms with Crippen molar-refractivity contribution in [2.75, 3.05) is 37.9 Å². The van der Waals surface area contributed by atoms with Crippen LogP contribution in [0.3, 0.4) is 0 Å². The number of hydrogen-bond acceptors (Lipinski definition) is 5. The van der Waals surface area contributed by atoms with Crippen molar-refractivity contribution < 1.29 is 4.74 Å². The summed E-state index contributed by atoms with van der Waals surface area (Å²) in [5.41, 5.74) is 0. The van der Waals surface area contributed by atoms with Crippen LogP contribution in [0.5, 0.6) is 0 Å². The standard InChI is InChI=1S/C14H26N4O/c1-11(2)14-17-12(15-3)10-13(18-14)16-8-6-5-7-9-19-4/h10-11H,5-9H2,1-4H3,(H2,15,16,17,18). The van der Waals surface area contributed by atoms with Gasteiger partial charge in [-0.1, -0.05) is 13.8 Å². The molecule has 0 unspecified atom stereocenters. The summed E-state index contributed by atoms with van der Waals surface area (Å²) in [5.74, 6) is 2.96. The Balaban J connectivity index is 2.46. The Morgan fingerprint density at radius 2 is 1.89 bits per heavy atom. The van der Waals surface area contributed by atoms with E-state index >= 15 is 0 Å². The molecule has 19 heavy (non-hydrogen) atoms. The Morgan fingerprint density at radius 3 is 2.53 bits per heavy atom. The van der Waals surface area contributed by atoms with Crippen molar-refractivity contribution in [2.24, 2.45) is 0 Å². The fraction of sp³-hybridized carbons (Fsp3) is 0.714. The Kier molecular flexibility index (Phi) is 7.18. The van der Waals surface area contributed by atoms with Crippen LogP contribution in [0, 0.1) is 0 Å². The molecule has 2 N–H and O–H groups in total. The summed E-state index contributed by atoms with van der Waals surface area (Å²) in [6, 6.07) is 1.95. The minimum absolute atomic E-state index is 0.329. The number of nitrogens with zero attached hydrogens (tertiary/aromatic N) is 2. The number of methoxy groups -OCH3 is 1. The zero-order chi connectivity index (χ0) is 14.1. The maximum absolute atomic E-state index is 5.03. The van der Waals surface area contributed by atoms with E-state index in [1.54, 1.807) is 7.11 Å². The largest absolute Gasteiger partial charge is 0.385 e. The molecule has 0 atom stereocenters. The molecule has 0 aromatic carbocycles. The molecule has 1 rings (SSSR count). The molecule has 1 aromatic heterocycles. The highest BCUT2D eigenvalue weighted by molar-refractivity contribution is 5.47. The summed E-state index contributed by atoms with van der Waals surface area (Å²) in [7, 11) is 3.62. The van der Waals surface area contributed by atoms with Gasteiger partial charge in [0.2, 0.25) is 0 Å². The lowest BCUT2D eigenvalue weighted by Gasteiger charge is -2.11. The van der Waals surface area contributed by atoms with Gasteiger partial charge in [0.05, 0.1) is 0 Å². The first-order valence-corrected chi connectivity index (χ1v) is 6.97. The third kappa shape index (κ3) is 5.87. The number of hydrogen-bond donors (Lipinski definition) is 2. The molecule has 0 spiro atoms. The van der Waals surface area contributed by atoms with Crippen molar-refractivity contribution in [3.8, 4) is 0 Å². The average Bonchev–Trinajstić information content (AvgIpc) is 2.42. The quantitative estimate of drug-likeness (QED) is 0.673. The van der Waals surface area contributed by atoms with Gasteiger partial charge in [0, 0.05) is 39.3 Å². The lowest BCUT2D eigenvalue weighted by atomic mass is 10.2. The fourth-order valence-electron chi connectivity index (χ4n) is 1.71. The van der Waals surface area contributed by atoms with Gasteiger partial charge in [0.1, 0.15) is 17.5 Å². The van der Waals surface area contributed by atoms with Crippen LogP contribution in [0.4, 0.5) is 11.6 Å². The first-order valence-electron chi connectivity index (χ1n) is 6.97. The second kappa shape index (κ2) is 8.69. The molecule has 1 aromatic rings. The van der Waals surface area contributed by atoms with E-state index in [4.69, 9.17) is 4.74 Å². The average molecular weight is 266 g/mol. The number of aromatic nitrogens is 2. The van der Waals surface area contributed by atoms with Crippen LogP contribution in [0.2, 0.25) is 0 Å². The lowest BCUT2D eigenvalue weighted by molar-refractivity contribution is 0.192. The van der Waals surface area contributed by atoms with Gasteiger partial charge in [-0.15, -0.1) is 0 Å².